The van der Waals surface area contributed by atoms with Gasteiger partial charge in [0.15, 0.2) is 0 Å². The third-order valence-electron chi connectivity index (χ3n) is 2.53. The summed E-state index contributed by atoms with van der Waals surface area (Å²) in [6.07, 6.45) is 1.20. The molecule has 0 atom stereocenters. The van der Waals surface area contributed by atoms with Gasteiger partial charge in [-0.25, -0.2) is 5.06 Å². The van der Waals surface area contributed by atoms with Crippen LogP contribution in [0, 0.1) is 5.41 Å². The quantitative estimate of drug-likeness (QED) is 0.631. The molecule has 2 aromatic rings. The first-order chi connectivity index (χ1) is 8.31. The topological polar surface area (TPSA) is 47.0 Å². The van der Waals surface area contributed by atoms with E-state index in [1.54, 1.807) is 18.2 Å². The molecule has 0 aromatic heterocycles. The van der Waals surface area contributed by atoms with Gasteiger partial charge in [-0.3, -0.25) is 0 Å². The van der Waals surface area contributed by atoms with Crippen LogP contribution < -0.4 is 5.06 Å². The summed E-state index contributed by atoms with van der Waals surface area (Å²) in [4.78, 5) is 0. The van der Waals surface area contributed by atoms with Crippen LogP contribution in [0.15, 0.2) is 54.6 Å². The van der Waals surface area contributed by atoms with Crippen molar-refractivity contribution in [3.63, 3.8) is 0 Å². The zero-order chi connectivity index (χ0) is 12.1. The van der Waals surface area contributed by atoms with E-state index >= 15 is 0 Å². The maximum Gasteiger partial charge on any atom is 0.0759 e. The predicted octanol–water partition coefficient (Wildman–Crippen LogP) is 3.04. The first kappa shape index (κ1) is 11.4. The molecule has 0 saturated heterocycles. The molecule has 0 saturated carbocycles. The Bertz CT molecular complexity index is 497. The van der Waals surface area contributed by atoms with Gasteiger partial charge in [0.1, 0.15) is 0 Å². The van der Waals surface area contributed by atoms with Gasteiger partial charge in [-0.15, -0.1) is 0 Å². The van der Waals surface area contributed by atoms with E-state index in [0.717, 1.165) is 10.6 Å². The van der Waals surface area contributed by atoms with Gasteiger partial charge in [0, 0.05) is 11.8 Å². The molecule has 0 amide bonds. The number of nitrogens with zero attached hydrogens (tertiary/aromatic N) is 1. The van der Waals surface area contributed by atoms with Gasteiger partial charge < -0.3 is 5.41 Å². The minimum absolute atomic E-state index is 0.297. The summed E-state index contributed by atoms with van der Waals surface area (Å²) in [7, 11) is 0. The van der Waals surface area contributed by atoms with E-state index in [-0.39, 0.29) is 0 Å². The Morgan fingerprint density at radius 3 is 2.35 bits per heavy atom. The Balaban J connectivity index is 2.20. The zero-order valence-electron chi connectivity index (χ0n) is 9.34. The first-order valence-corrected chi connectivity index (χ1v) is 5.39. The van der Waals surface area contributed by atoms with Gasteiger partial charge in [0.2, 0.25) is 0 Å². The lowest BCUT2D eigenvalue weighted by Gasteiger charge is -2.16. The Hall–Kier alpha value is -2.13. The van der Waals surface area contributed by atoms with E-state index in [9.17, 15) is 5.21 Å². The molecule has 3 nitrogen and oxygen atoms in total. The predicted molar refractivity (Wildman–Crippen MR) is 67.6 cm³/mol. The Morgan fingerprint density at radius 2 is 1.65 bits per heavy atom. The van der Waals surface area contributed by atoms with Crippen LogP contribution in [0.1, 0.15) is 11.1 Å². The standard InChI is InChI=1S/C14H13N2O/c15-10-13-8-4-5-9-14(13)16(17)11-12-6-2-1-3-7-12/h1-10,15H,11H2. The molecule has 85 valence electrons. The summed E-state index contributed by atoms with van der Waals surface area (Å²) in [6, 6.07) is 16.7. The molecule has 0 aliphatic carbocycles. The van der Waals surface area contributed by atoms with E-state index in [4.69, 9.17) is 5.41 Å². The molecule has 0 unspecified atom stereocenters. The summed E-state index contributed by atoms with van der Waals surface area (Å²) in [5, 5.41) is 20.2. The molecule has 0 spiro atoms. The Labute approximate surface area is 100 Å². The molecule has 3 heteroatoms. The molecule has 0 aliphatic rings. The third kappa shape index (κ3) is 2.71. The smallest absolute Gasteiger partial charge is 0.0759 e. The van der Waals surface area contributed by atoms with Crippen molar-refractivity contribution in [2.24, 2.45) is 0 Å². The second-order valence-corrected chi connectivity index (χ2v) is 3.73. The highest BCUT2D eigenvalue weighted by Crippen LogP contribution is 2.19. The highest BCUT2D eigenvalue weighted by atomic mass is 16.5. The molecular formula is C14H13N2O. The maximum atomic E-state index is 12.0. The lowest BCUT2D eigenvalue weighted by atomic mass is 10.1. The minimum Gasteiger partial charge on any atom is -0.308 e. The van der Waals surface area contributed by atoms with Crippen molar-refractivity contribution in [2.45, 2.75) is 6.54 Å². The number of nitrogens with one attached hydrogen (secondary N) is 1. The van der Waals surface area contributed by atoms with Crippen molar-refractivity contribution in [3.05, 3.63) is 65.7 Å². The largest absolute Gasteiger partial charge is 0.308 e. The van der Waals surface area contributed by atoms with Gasteiger partial charge in [-0.05, 0) is 11.6 Å². The lowest BCUT2D eigenvalue weighted by molar-refractivity contribution is 0.154. The molecule has 0 heterocycles. The molecule has 2 aromatic carbocycles. The van der Waals surface area contributed by atoms with Crippen LogP contribution in [-0.2, 0) is 11.8 Å². The van der Waals surface area contributed by atoms with Gasteiger partial charge in [-0.1, -0.05) is 53.7 Å². The van der Waals surface area contributed by atoms with Gasteiger partial charge >= 0.3 is 0 Å². The van der Waals surface area contributed by atoms with Crippen LogP contribution in [0.3, 0.4) is 0 Å². The zero-order valence-corrected chi connectivity index (χ0v) is 9.34. The number of para-hydroxylation sites is 1. The summed E-state index contributed by atoms with van der Waals surface area (Å²) < 4.78 is 0. The van der Waals surface area contributed by atoms with Crippen molar-refractivity contribution >= 4 is 11.9 Å². The molecule has 1 N–H and O–H groups in total. The van der Waals surface area contributed by atoms with E-state index in [2.05, 4.69) is 0 Å². The molecule has 17 heavy (non-hydrogen) atoms. The van der Waals surface area contributed by atoms with E-state index in [1.807, 2.05) is 36.4 Å². The number of benzene rings is 2. The SMILES string of the molecule is N=Cc1ccccc1N([O])Cc1ccccc1. The Kier molecular flexibility index (Phi) is 3.52. The maximum absolute atomic E-state index is 12.0. The number of hydroxylamine groups is 1. The van der Waals surface area contributed by atoms with E-state index in [0.29, 0.717) is 17.8 Å². The summed E-state index contributed by atoms with van der Waals surface area (Å²) in [5.41, 5.74) is 2.13. The van der Waals surface area contributed by atoms with Crippen LogP contribution in [0.25, 0.3) is 0 Å². The van der Waals surface area contributed by atoms with E-state index in [1.165, 1.54) is 6.21 Å². The number of rotatable bonds is 4. The van der Waals surface area contributed by atoms with Crippen LogP contribution in [0.5, 0.6) is 0 Å². The minimum atomic E-state index is 0.297. The van der Waals surface area contributed by atoms with Crippen molar-refractivity contribution in [1.82, 2.24) is 0 Å². The van der Waals surface area contributed by atoms with Crippen molar-refractivity contribution in [2.75, 3.05) is 5.06 Å². The van der Waals surface area contributed by atoms with Crippen LogP contribution in [0.4, 0.5) is 5.69 Å². The monoisotopic (exact) mass is 225 g/mol. The summed E-state index contributed by atoms with van der Waals surface area (Å²) >= 11 is 0. The first-order valence-electron chi connectivity index (χ1n) is 5.39. The fraction of sp³-hybridized carbons (Fsp3) is 0.0714. The third-order valence-corrected chi connectivity index (χ3v) is 2.53. The fourth-order valence-corrected chi connectivity index (χ4v) is 1.67. The van der Waals surface area contributed by atoms with Crippen LogP contribution >= 0.6 is 0 Å². The van der Waals surface area contributed by atoms with Crippen LogP contribution in [-0.4, -0.2) is 6.21 Å². The summed E-state index contributed by atoms with van der Waals surface area (Å²) in [6.45, 7) is 0.297. The van der Waals surface area contributed by atoms with E-state index < -0.39 is 0 Å². The Morgan fingerprint density at radius 1 is 1.00 bits per heavy atom. The second kappa shape index (κ2) is 5.27. The average Bonchev–Trinajstić information content (AvgIpc) is 2.40. The molecule has 0 aliphatic heterocycles. The highest BCUT2D eigenvalue weighted by molar-refractivity contribution is 5.85. The average molecular weight is 225 g/mol. The van der Waals surface area contributed by atoms with Crippen molar-refractivity contribution in [3.8, 4) is 0 Å². The van der Waals surface area contributed by atoms with Crippen LogP contribution in [0.2, 0.25) is 0 Å². The highest BCUT2D eigenvalue weighted by Gasteiger charge is 2.08. The van der Waals surface area contributed by atoms with Crippen molar-refractivity contribution in [1.29, 1.82) is 5.41 Å². The second-order valence-electron chi connectivity index (χ2n) is 3.73. The van der Waals surface area contributed by atoms with Crippen molar-refractivity contribution < 1.29 is 5.21 Å². The van der Waals surface area contributed by atoms with Gasteiger partial charge in [0.25, 0.3) is 0 Å². The normalized spacial score (nSPS) is 9.94. The number of anilines is 1. The lowest BCUT2D eigenvalue weighted by Crippen LogP contribution is -2.16. The molecule has 2 rings (SSSR count). The molecule has 1 radical (unpaired) electrons. The summed E-state index contributed by atoms with van der Waals surface area (Å²) in [5.74, 6) is 0. The number of hydrogen-bond acceptors (Lipinski definition) is 2. The fourth-order valence-electron chi connectivity index (χ4n) is 1.67. The number of hydrogen-bond donors (Lipinski definition) is 1. The molecule has 0 bridgehead atoms. The molecule has 0 fully saturated rings. The molecular weight excluding hydrogens is 212 g/mol. The van der Waals surface area contributed by atoms with Gasteiger partial charge in [0.05, 0.1) is 12.2 Å². The van der Waals surface area contributed by atoms with Gasteiger partial charge in [-0.2, -0.15) is 0 Å².